The first-order valence-corrected chi connectivity index (χ1v) is 15.7. The largest absolute Gasteiger partial charge is 0.452 e. The van der Waals surface area contributed by atoms with Gasteiger partial charge in [-0.15, -0.1) is 0 Å². The topological polar surface area (TPSA) is 133 Å². The van der Waals surface area contributed by atoms with Crippen LogP contribution >= 0.6 is 11.6 Å². The van der Waals surface area contributed by atoms with E-state index in [1.165, 1.54) is 60.9 Å². The Hall–Kier alpha value is -3.49. The number of rotatable bonds is 9. The van der Waals surface area contributed by atoms with Crippen LogP contribution in [0.4, 0.5) is 11.4 Å². The van der Waals surface area contributed by atoms with Gasteiger partial charge in [0, 0.05) is 46.0 Å². The molecule has 0 aromatic heterocycles. The summed E-state index contributed by atoms with van der Waals surface area (Å²) in [4.78, 5) is 27.1. The Morgan fingerprint density at radius 3 is 2.22 bits per heavy atom. The van der Waals surface area contributed by atoms with Crippen molar-refractivity contribution in [2.24, 2.45) is 0 Å². The summed E-state index contributed by atoms with van der Waals surface area (Å²) in [5.41, 5.74) is 1.00. The maximum atomic E-state index is 13.3. The molecule has 1 aliphatic heterocycles. The molecule has 1 saturated heterocycles. The van der Waals surface area contributed by atoms with Crippen LogP contribution in [-0.4, -0.2) is 84.2 Å². The lowest BCUT2D eigenvalue weighted by Crippen LogP contribution is -2.48. The molecule has 1 heterocycles. The molecule has 4 rings (SSSR count). The van der Waals surface area contributed by atoms with Crippen molar-refractivity contribution in [3.05, 3.63) is 83.4 Å². The molecular formula is C27H29ClN4O7S2. The van der Waals surface area contributed by atoms with Crippen molar-refractivity contribution >= 4 is 54.9 Å². The highest BCUT2D eigenvalue weighted by atomic mass is 35.5. The minimum Gasteiger partial charge on any atom is -0.452 e. The van der Waals surface area contributed by atoms with Crippen LogP contribution in [0.3, 0.4) is 0 Å². The Labute approximate surface area is 244 Å². The molecule has 3 aromatic rings. The number of sulfonamides is 2. The maximum Gasteiger partial charge on any atom is 0.338 e. The summed E-state index contributed by atoms with van der Waals surface area (Å²) >= 11 is 6.10. The number of ether oxygens (including phenoxy) is 1. The van der Waals surface area contributed by atoms with Crippen LogP contribution in [0.25, 0.3) is 0 Å². The maximum absolute atomic E-state index is 13.3. The molecule has 14 heteroatoms. The van der Waals surface area contributed by atoms with Gasteiger partial charge in [-0.1, -0.05) is 35.9 Å². The van der Waals surface area contributed by atoms with E-state index >= 15 is 0 Å². The highest BCUT2D eigenvalue weighted by molar-refractivity contribution is 7.89. The molecule has 0 aliphatic carbocycles. The number of carbonyl (C=O) groups excluding carboxylic acids is 2. The van der Waals surface area contributed by atoms with Gasteiger partial charge in [-0.25, -0.2) is 25.9 Å². The van der Waals surface area contributed by atoms with Gasteiger partial charge >= 0.3 is 5.97 Å². The third-order valence-corrected chi connectivity index (χ3v) is 10.4. The molecule has 1 aliphatic rings. The SMILES string of the molecule is CN(C)S(=O)(=O)c1ccc(Cl)c(NC(=O)COC(=O)c2cccc(S(=O)(=O)N3CCN(c4ccccc4)CC3)c2)c1. The number of benzene rings is 3. The number of anilines is 2. The van der Waals surface area contributed by atoms with Crippen LogP contribution < -0.4 is 10.2 Å². The molecule has 1 fully saturated rings. The summed E-state index contributed by atoms with van der Waals surface area (Å²) in [7, 11) is -4.90. The van der Waals surface area contributed by atoms with E-state index in [0.717, 1.165) is 9.99 Å². The average Bonchev–Trinajstić information content (AvgIpc) is 2.97. The fourth-order valence-electron chi connectivity index (χ4n) is 4.13. The van der Waals surface area contributed by atoms with Crippen molar-refractivity contribution in [3.63, 3.8) is 0 Å². The van der Waals surface area contributed by atoms with Crippen LogP contribution in [0.15, 0.2) is 82.6 Å². The molecule has 3 aromatic carbocycles. The number of esters is 1. The predicted octanol–water partition coefficient (Wildman–Crippen LogP) is 2.90. The number of halogens is 1. The first kappa shape index (κ1) is 30.5. The highest BCUT2D eigenvalue weighted by Gasteiger charge is 2.29. The minimum atomic E-state index is -3.87. The molecule has 1 N–H and O–H groups in total. The van der Waals surface area contributed by atoms with E-state index in [1.54, 1.807) is 0 Å². The monoisotopic (exact) mass is 620 g/mol. The zero-order chi connectivity index (χ0) is 29.8. The molecule has 218 valence electrons. The summed E-state index contributed by atoms with van der Waals surface area (Å²) in [6, 6.07) is 19.0. The van der Waals surface area contributed by atoms with Gasteiger partial charge in [0.15, 0.2) is 6.61 Å². The summed E-state index contributed by atoms with van der Waals surface area (Å²) in [6.07, 6.45) is 0. The summed E-state index contributed by atoms with van der Waals surface area (Å²) in [5.74, 6) is -1.67. The molecule has 0 unspecified atom stereocenters. The lowest BCUT2D eigenvalue weighted by atomic mass is 10.2. The minimum absolute atomic E-state index is 0.0242. The Bertz CT molecular complexity index is 1640. The zero-order valence-electron chi connectivity index (χ0n) is 22.4. The van der Waals surface area contributed by atoms with Crippen molar-refractivity contribution in [1.82, 2.24) is 8.61 Å². The number of para-hydroxylation sites is 1. The molecular weight excluding hydrogens is 592 g/mol. The molecule has 1 amide bonds. The van der Waals surface area contributed by atoms with Crippen LogP contribution in [0, 0.1) is 0 Å². The molecule has 11 nitrogen and oxygen atoms in total. The van der Waals surface area contributed by atoms with Gasteiger partial charge in [0.1, 0.15) is 0 Å². The van der Waals surface area contributed by atoms with Crippen molar-refractivity contribution in [1.29, 1.82) is 0 Å². The van der Waals surface area contributed by atoms with E-state index < -0.39 is 38.5 Å². The Morgan fingerprint density at radius 1 is 0.878 bits per heavy atom. The van der Waals surface area contributed by atoms with Gasteiger partial charge < -0.3 is 15.0 Å². The second-order valence-corrected chi connectivity index (χ2v) is 13.8. The van der Waals surface area contributed by atoms with E-state index in [-0.39, 0.29) is 39.2 Å². The number of hydrogen-bond acceptors (Lipinski definition) is 8. The predicted molar refractivity (Wildman–Crippen MR) is 155 cm³/mol. The molecule has 0 spiro atoms. The zero-order valence-corrected chi connectivity index (χ0v) is 24.7. The van der Waals surface area contributed by atoms with E-state index in [9.17, 15) is 26.4 Å². The van der Waals surface area contributed by atoms with Gasteiger partial charge in [-0.2, -0.15) is 4.31 Å². The second-order valence-electron chi connectivity index (χ2n) is 9.31. The molecule has 0 radical (unpaired) electrons. The summed E-state index contributed by atoms with van der Waals surface area (Å²) in [5, 5.41) is 2.51. The van der Waals surface area contributed by atoms with Crippen LogP contribution in [0.1, 0.15) is 10.4 Å². The third-order valence-electron chi connectivity index (χ3n) is 6.39. The average molecular weight is 621 g/mol. The number of carbonyl (C=O) groups is 2. The van der Waals surface area contributed by atoms with Crippen LogP contribution in [0.5, 0.6) is 0 Å². The Kier molecular flexibility index (Phi) is 9.34. The van der Waals surface area contributed by atoms with Crippen molar-refractivity contribution in [2.75, 3.05) is 57.1 Å². The van der Waals surface area contributed by atoms with E-state index in [4.69, 9.17) is 16.3 Å². The van der Waals surface area contributed by atoms with Crippen molar-refractivity contribution in [3.8, 4) is 0 Å². The lowest BCUT2D eigenvalue weighted by molar-refractivity contribution is -0.119. The molecule has 41 heavy (non-hydrogen) atoms. The normalized spacial score (nSPS) is 14.6. The smallest absolute Gasteiger partial charge is 0.338 e. The summed E-state index contributed by atoms with van der Waals surface area (Å²) < 4.78 is 58.8. The molecule has 0 saturated carbocycles. The standard InChI is InChI=1S/C27H29ClN4O7S2/c1-30(2)40(35,36)23-11-12-24(28)25(18-23)29-26(33)19-39-27(34)20-7-6-10-22(17-20)41(37,38)32-15-13-31(14-16-32)21-8-4-3-5-9-21/h3-12,17-18H,13-16,19H2,1-2H3,(H,29,33). The highest BCUT2D eigenvalue weighted by Crippen LogP contribution is 2.27. The number of nitrogens with one attached hydrogen (secondary N) is 1. The van der Waals surface area contributed by atoms with Gasteiger partial charge in [0.2, 0.25) is 20.0 Å². The number of hydrogen-bond donors (Lipinski definition) is 1. The summed E-state index contributed by atoms with van der Waals surface area (Å²) in [6.45, 7) is 0.901. The van der Waals surface area contributed by atoms with E-state index in [1.807, 2.05) is 30.3 Å². The van der Waals surface area contributed by atoms with E-state index in [2.05, 4.69) is 10.2 Å². The van der Waals surface area contributed by atoms with Crippen molar-refractivity contribution in [2.45, 2.75) is 9.79 Å². The number of nitrogens with zero attached hydrogens (tertiary/aromatic N) is 3. The Morgan fingerprint density at radius 2 is 1.56 bits per heavy atom. The second kappa shape index (κ2) is 12.6. The fraction of sp³-hybridized carbons (Fsp3) is 0.259. The molecule has 0 bridgehead atoms. The number of amides is 1. The van der Waals surface area contributed by atoms with E-state index in [0.29, 0.717) is 13.1 Å². The van der Waals surface area contributed by atoms with Gasteiger partial charge in [0.25, 0.3) is 5.91 Å². The first-order chi connectivity index (χ1) is 19.4. The third kappa shape index (κ3) is 7.05. The quantitative estimate of drug-likeness (QED) is 0.361. The van der Waals surface area contributed by atoms with Crippen LogP contribution in [0.2, 0.25) is 5.02 Å². The number of piperazine rings is 1. The van der Waals surface area contributed by atoms with Gasteiger partial charge in [0.05, 0.1) is 26.1 Å². The lowest BCUT2D eigenvalue weighted by Gasteiger charge is -2.35. The van der Waals surface area contributed by atoms with Gasteiger partial charge in [-0.3, -0.25) is 4.79 Å². The molecule has 0 atom stereocenters. The van der Waals surface area contributed by atoms with Crippen molar-refractivity contribution < 1.29 is 31.2 Å². The fourth-order valence-corrected chi connectivity index (χ4v) is 6.69. The van der Waals surface area contributed by atoms with Gasteiger partial charge in [-0.05, 0) is 48.5 Å². The first-order valence-electron chi connectivity index (χ1n) is 12.5. The van der Waals surface area contributed by atoms with Crippen LogP contribution in [-0.2, 0) is 29.6 Å². The Balaban J connectivity index is 1.37.